The van der Waals surface area contributed by atoms with Crippen LogP contribution >= 0.6 is 0 Å². The Kier molecular flexibility index (Phi) is 2.81. The van der Waals surface area contributed by atoms with E-state index in [1.807, 2.05) is 11.8 Å². The van der Waals surface area contributed by atoms with Crippen molar-refractivity contribution in [3.05, 3.63) is 0 Å². The van der Waals surface area contributed by atoms with Crippen LogP contribution in [-0.2, 0) is 9.59 Å². The van der Waals surface area contributed by atoms with Crippen LogP contribution in [0.5, 0.6) is 0 Å². The molecule has 5 unspecified atom stereocenters. The third-order valence-corrected chi connectivity index (χ3v) is 4.95. The molecule has 0 saturated carbocycles. The number of carboxylic acid groups (broad SMARTS) is 1. The third-order valence-electron chi connectivity index (χ3n) is 4.95. The zero-order chi connectivity index (χ0) is 12.9. The van der Waals surface area contributed by atoms with Crippen molar-refractivity contribution in [3.8, 4) is 0 Å². The lowest BCUT2D eigenvalue weighted by molar-refractivity contribution is -0.143. The Morgan fingerprint density at radius 3 is 2.56 bits per heavy atom. The van der Waals surface area contributed by atoms with Gasteiger partial charge in [0.15, 0.2) is 0 Å². The fourth-order valence-corrected chi connectivity index (χ4v) is 3.99. The molecular weight excluding hydrogens is 232 g/mol. The van der Waals surface area contributed by atoms with Crippen LogP contribution in [0.2, 0.25) is 0 Å². The van der Waals surface area contributed by atoms with Crippen molar-refractivity contribution in [2.75, 3.05) is 6.54 Å². The second-order valence-electron chi connectivity index (χ2n) is 5.86. The van der Waals surface area contributed by atoms with Crippen molar-refractivity contribution in [1.82, 2.24) is 10.2 Å². The molecular formula is C13H20N2O3. The van der Waals surface area contributed by atoms with Crippen LogP contribution in [0.4, 0.5) is 0 Å². The number of hydrogen-bond donors (Lipinski definition) is 2. The highest BCUT2D eigenvalue weighted by Gasteiger charge is 2.52. The van der Waals surface area contributed by atoms with Crippen molar-refractivity contribution < 1.29 is 14.7 Å². The molecule has 1 amide bonds. The average molecular weight is 252 g/mol. The fourth-order valence-electron chi connectivity index (χ4n) is 3.99. The zero-order valence-corrected chi connectivity index (χ0v) is 10.6. The maximum atomic E-state index is 12.6. The number of nitrogens with one attached hydrogen (secondary N) is 1. The standard InChI is InChI=1S/C13H20N2O3/c1-7-9(4-5-14-7)12(16)15-8-2-3-11(15)10(6-8)13(17)18/h7-11,14H,2-6H2,1H3,(H,17,18). The Morgan fingerprint density at radius 2 is 2.00 bits per heavy atom. The predicted octanol–water partition coefficient (Wildman–Crippen LogP) is 0.449. The maximum Gasteiger partial charge on any atom is 0.308 e. The molecule has 3 fully saturated rings. The molecule has 3 aliphatic heterocycles. The van der Waals surface area contributed by atoms with Crippen LogP contribution in [0.15, 0.2) is 0 Å². The summed E-state index contributed by atoms with van der Waals surface area (Å²) in [4.78, 5) is 25.7. The molecule has 2 bridgehead atoms. The predicted molar refractivity (Wildman–Crippen MR) is 65.0 cm³/mol. The van der Waals surface area contributed by atoms with Crippen LogP contribution in [0.3, 0.4) is 0 Å². The lowest BCUT2D eigenvalue weighted by Crippen LogP contribution is -2.44. The Hall–Kier alpha value is -1.10. The van der Waals surface area contributed by atoms with E-state index < -0.39 is 5.97 Å². The molecule has 0 radical (unpaired) electrons. The monoisotopic (exact) mass is 252 g/mol. The summed E-state index contributed by atoms with van der Waals surface area (Å²) in [6.45, 7) is 2.94. The summed E-state index contributed by atoms with van der Waals surface area (Å²) in [5.74, 6) is -0.848. The normalized spacial score (nSPS) is 42.5. The van der Waals surface area contributed by atoms with E-state index in [4.69, 9.17) is 0 Å². The second-order valence-corrected chi connectivity index (χ2v) is 5.86. The third kappa shape index (κ3) is 1.64. The van der Waals surface area contributed by atoms with E-state index >= 15 is 0 Å². The fraction of sp³-hybridized carbons (Fsp3) is 0.846. The molecule has 5 heteroatoms. The van der Waals surface area contributed by atoms with Crippen LogP contribution in [0.1, 0.15) is 32.6 Å². The van der Waals surface area contributed by atoms with Crippen LogP contribution in [0.25, 0.3) is 0 Å². The summed E-state index contributed by atoms with van der Waals surface area (Å²) in [7, 11) is 0. The van der Waals surface area contributed by atoms with E-state index in [0.717, 1.165) is 25.8 Å². The smallest absolute Gasteiger partial charge is 0.308 e. The number of carbonyl (C=O) groups excluding carboxylic acids is 1. The topological polar surface area (TPSA) is 69.6 Å². The van der Waals surface area contributed by atoms with Gasteiger partial charge < -0.3 is 15.3 Å². The van der Waals surface area contributed by atoms with Gasteiger partial charge in [-0.2, -0.15) is 0 Å². The van der Waals surface area contributed by atoms with Crippen molar-refractivity contribution in [2.45, 2.75) is 50.7 Å². The minimum Gasteiger partial charge on any atom is -0.481 e. The van der Waals surface area contributed by atoms with E-state index in [1.54, 1.807) is 0 Å². The molecule has 100 valence electrons. The summed E-state index contributed by atoms with van der Waals surface area (Å²) >= 11 is 0. The molecule has 3 rings (SSSR count). The lowest BCUT2D eigenvalue weighted by Gasteiger charge is -2.27. The van der Waals surface area contributed by atoms with E-state index in [2.05, 4.69) is 5.32 Å². The summed E-state index contributed by atoms with van der Waals surface area (Å²) in [6.07, 6.45) is 3.38. The highest BCUT2D eigenvalue weighted by molar-refractivity contribution is 5.83. The van der Waals surface area contributed by atoms with Gasteiger partial charge in [-0.25, -0.2) is 0 Å². The number of fused-ring (bicyclic) bond motifs is 2. The Labute approximate surface area is 107 Å². The molecule has 0 aromatic carbocycles. The number of rotatable bonds is 2. The van der Waals surface area contributed by atoms with Crippen molar-refractivity contribution in [3.63, 3.8) is 0 Å². The van der Waals surface area contributed by atoms with Gasteiger partial charge in [-0.05, 0) is 39.2 Å². The van der Waals surface area contributed by atoms with Crippen molar-refractivity contribution in [1.29, 1.82) is 0 Å². The Balaban J connectivity index is 1.77. The molecule has 0 aliphatic carbocycles. The number of hydrogen-bond acceptors (Lipinski definition) is 3. The lowest BCUT2D eigenvalue weighted by atomic mass is 9.89. The summed E-state index contributed by atoms with van der Waals surface area (Å²) < 4.78 is 0. The van der Waals surface area contributed by atoms with Gasteiger partial charge in [0, 0.05) is 18.1 Å². The van der Waals surface area contributed by atoms with E-state index in [9.17, 15) is 14.7 Å². The highest BCUT2D eigenvalue weighted by atomic mass is 16.4. The van der Waals surface area contributed by atoms with Gasteiger partial charge in [-0.1, -0.05) is 0 Å². The SMILES string of the molecule is CC1NCCC1C(=O)N1C2CCC1C(C(=O)O)C2. The number of carbonyl (C=O) groups is 2. The summed E-state index contributed by atoms with van der Waals surface area (Å²) in [5.41, 5.74) is 0. The first-order chi connectivity index (χ1) is 8.59. The highest BCUT2D eigenvalue weighted by Crippen LogP contribution is 2.43. The molecule has 0 aromatic rings. The van der Waals surface area contributed by atoms with Gasteiger partial charge in [-0.3, -0.25) is 9.59 Å². The van der Waals surface area contributed by atoms with Crippen molar-refractivity contribution in [2.24, 2.45) is 11.8 Å². The number of nitrogens with zero attached hydrogens (tertiary/aromatic N) is 1. The number of amides is 1. The first-order valence-electron chi connectivity index (χ1n) is 6.88. The second kappa shape index (κ2) is 4.23. The minimum absolute atomic E-state index is 0.0423. The molecule has 0 spiro atoms. The Bertz CT molecular complexity index is 384. The molecule has 3 aliphatic rings. The van der Waals surface area contributed by atoms with E-state index in [0.29, 0.717) is 6.42 Å². The number of aliphatic carboxylic acids is 1. The number of carboxylic acids is 1. The van der Waals surface area contributed by atoms with E-state index in [-0.39, 0.29) is 35.9 Å². The minimum atomic E-state index is -0.738. The molecule has 5 atom stereocenters. The molecule has 0 aromatic heterocycles. The largest absolute Gasteiger partial charge is 0.481 e. The van der Waals surface area contributed by atoms with Crippen LogP contribution in [-0.4, -0.2) is 46.6 Å². The molecule has 3 saturated heterocycles. The average Bonchev–Trinajstić information content (AvgIpc) is 3.01. The molecule has 18 heavy (non-hydrogen) atoms. The van der Waals surface area contributed by atoms with Crippen LogP contribution in [0, 0.1) is 11.8 Å². The van der Waals surface area contributed by atoms with Gasteiger partial charge in [0.1, 0.15) is 0 Å². The van der Waals surface area contributed by atoms with Crippen molar-refractivity contribution >= 4 is 11.9 Å². The van der Waals surface area contributed by atoms with Gasteiger partial charge >= 0.3 is 5.97 Å². The summed E-state index contributed by atoms with van der Waals surface area (Å²) in [6, 6.07) is 0.352. The van der Waals surface area contributed by atoms with Gasteiger partial charge in [0.25, 0.3) is 0 Å². The van der Waals surface area contributed by atoms with E-state index in [1.165, 1.54) is 0 Å². The van der Waals surface area contributed by atoms with Gasteiger partial charge in [-0.15, -0.1) is 0 Å². The zero-order valence-electron chi connectivity index (χ0n) is 10.6. The maximum absolute atomic E-state index is 12.6. The Morgan fingerprint density at radius 1 is 1.22 bits per heavy atom. The molecule has 5 nitrogen and oxygen atoms in total. The quantitative estimate of drug-likeness (QED) is 0.748. The molecule has 2 N–H and O–H groups in total. The van der Waals surface area contributed by atoms with Gasteiger partial charge in [0.2, 0.25) is 5.91 Å². The first-order valence-corrected chi connectivity index (χ1v) is 6.88. The van der Waals surface area contributed by atoms with Gasteiger partial charge in [0.05, 0.1) is 11.8 Å². The first kappa shape index (κ1) is 12.0. The molecule has 3 heterocycles. The summed E-state index contributed by atoms with van der Waals surface area (Å²) in [5, 5.41) is 12.5. The van der Waals surface area contributed by atoms with Crippen LogP contribution < -0.4 is 5.32 Å².